The van der Waals surface area contributed by atoms with E-state index in [4.69, 9.17) is 4.74 Å². The Labute approximate surface area is 104 Å². The van der Waals surface area contributed by atoms with E-state index < -0.39 is 11.4 Å². The number of hydrogen-bond acceptors (Lipinski definition) is 3. The summed E-state index contributed by atoms with van der Waals surface area (Å²) in [5.41, 5.74) is -0.567. The van der Waals surface area contributed by atoms with Crippen molar-refractivity contribution in [2.24, 2.45) is 11.3 Å². The predicted octanol–water partition coefficient (Wildman–Crippen LogP) is 1.85. The van der Waals surface area contributed by atoms with E-state index in [1.165, 1.54) is 0 Å². The summed E-state index contributed by atoms with van der Waals surface area (Å²) >= 11 is 0. The second-order valence-electron chi connectivity index (χ2n) is 5.14. The number of aliphatic carboxylic acids is 1. The molecule has 0 aromatic carbocycles. The van der Waals surface area contributed by atoms with Crippen LogP contribution in [-0.4, -0.2) is 49.3 Å². The maximum Gasteiger partial charge on any atom is 0.310 e. The Hall–Kier alpha value is -0.610. The molecule has 1 saturated heterocycles. The molecule has 0 aromatic heterocycles. The van der Waals surface area contributed by atoms with E-state index in [9.17, 15) is 9.90 Å². The van der Waals surface area contributed by atoms with Gasteiger partial charge in [0.25, 0.3) is 0 Å². The molecule has 0 aliphatic carbocycles. The van der Waals surface area contributed by atoms with E-state index in [1.54, 1.807) is 7.11 Å². The van der Waals surface area contributed by atoms with Gasteiger partial charge in [0.05, 0.1) is 12.0 Å². The summed E-state index contributed by atoms with van der Waals surface area (Å²) in [6.07, 6.45) is 2.52. The first-order valence-corrected chi connectivity index (χ1v) is 6.52. The van der Waals surface area contributed by atoms with Crippen LogP contribution in [0.5, 0.6) is 0 Å². The molecule has 0 amide bonds. The first-order valence-electron chi connectivity index (χ1n) is 6.52. The molecule has 4 nitrogen and oxygen atoms in total. The maximum atomic E-state index is 11.4. The lowest BCUT2D eigenvalue weighted by molar-refractivity contribution is -0.150. The Morgan fingerprint density at radius 2 is 2.12 bits per heavy atom. The minimum Gasteiger partial charge on any atom is -0.481 e. The molecule has 1 unspecified atom stereocenters. The summed E-state index contributed by atoms with van der Waals surface area (Å²) < 4.78 is 5.16. The van der Waals surface area contributed by atoms with Crippen molar-refractivity contribution in [3.05, 3.63) is 0 Å². The molecular weight excluding hydrogens is 218 g/mol. The van der Waals surface area contributed by atoms with Crippen LogP contribution in [0.25, 0.3) is 0 Å². The van der Waals surface area contributed by atoms with Gasteiger partial charge in [-0.3, -0.25) is 4.79 Å². The zero-order chi connectivity index (χ0) is 12.9. The molecule has 1 N–H and O–H groups in total. The van der Waals surface area contributed by atoms with Gasteiger partial charge in [0.15, 0.2) is 0 Å². The summed E-state index contributed by atoms with van der Waals surface area (Å²) in [5.74, 6) is -0.0853. The number of hydrogen-bond donors (Lipinski definition) is 1. The predicted molar refractivity (Wildman–Crippen MR) is 67.1 cm³/mol. The minimum atomic E-state index is -0.655. The molecule has 0 bridgehead atoms. The monoisotopic (exact) mass is 243 g/mol. The van der Waals surface area contributed by atoms with E-state index >= 15 is 0 Å². The van der Waals surface area contributed by atoms with Gasteiger partial charge in [-0.05, 0) is 31.7 Å². The van der Waals surface area contributed by atoms with Gasteiger partial charge >= 0.3 is 5.97 Å². The van der Waals surface area contributed by atoms with Crippen molar-refractivity contribution in [1.82, 2.24) is 4.90 Å². The first-order chi connectivity index (χ1) is 8.07. The number of rotatable bonds is 7. The standard InChI is InChI=1S/C13H25NO3/c1-4-13(5-2,12(15)16)10-14-7-6-11(8-14)9-17-3/h11H,4-10H2,1-3H3,(H,15,16). The van der Waals surface area contributed by atoms with E-state index in [0.29, 0.717) is 25.3 Å². The smallest absolute Gasteiger partial charge is 0.310 e. The van der Waals surface area contributed by atoms with Crippen molar-refractivity contribution in [3.8, 4) is 0 Å². The fraction of sp³-hybridized carbons (Fsp3) is 0.923. The zero-order valence-electron chi connectivity index (χ0n) is 11.2. The van der Waals surface area contributed by atoms with Crippen molar-refractivity contribution in [2.45, 2.75) is 33.1 Å². The number of carboxylic acids is 1. The van der Waals surface area contributed by atoms with Crippen LogP contribution >= 0.6 is 0 Å². The van der Waals surface area contributed by atoms with Crippen molar-refractivity contribution in [1.29, 1.82) is 0 Å². The van der Waals surface area contributed by atoms with Gasteiger partial charge in [-0.1, -0.05) is 13.8 Å². The second kappa shape index (κ2) is 6.36. The molecule has 4 heteroatoms. The van der Waals surface area contributed by atoms with E-state index in [0.717, 1.165) is 26.1 Å². The zero-order valence-corrected chi connectivity index (χ0v) is 11.2. The fourth-order valence-electron chi connectivity index (χ4n) is 2.70. The summed E-state index contributed by atoms with van der Waals surface area (Å²) in [5, 5.41) is 9.40. The van der Waals surface area contributed by atoms with Gasteiger partial charge in [0.1, 0.15) is 0 Å². The number of methoxy groups -OCH3 is 1. The molecule has 17 heavy (non-hydrogen) atoms. The van der Waals surface area contributed by atoms with Crippen molar-refractivity contribution < 1.29 is 14.6 Å². The Balaban J connectivity index is 2.55. The Kier molecular flexibility index (Phi) is 5.40. The topological polar surface area (TPSA) is 49.8 Å². The highest BCUT2D eigenvalue weighted by Crippen LogP contribution is 2.30. The van der Waals surface area contributed by atoms with Crippen LogP contribution in [0.15, 0.2) is 0 Å². The summed E-state index contributed by atoms with van der Waals surface area (Å²) in [7, 11) is 1.72. The lowest BCUT2D eigenvalue weighted by Crippen LogP contribution is -2.41. The third-order valence-electron chi connectivity index (χ3n) is 4.11. The number of carbonyl (C=O) groups is 1. The quantitative estimate of drug-likeness (QED) is 0.741. The lowest BCUT2D eigenvalue weighted by atomic mass is 9.82. The third-order valence-corrected chi connectivity index (χ3v) is 4.11. The number of likely N-dealkylation sites (tertiary alicyclic amines) is 1. The average Bonchev–Trinajstić information content (AvgIpc) is 2.73. The van der Waals surface area contributed by atoms with Crippen LogP contribution in [0.2, 0.25) is 0 Å². The largest absolute Gasteiger partial charge is 0.481 e. The van der Waals surface area contributed by atoms with Crippen LogP contribution in [0.4, 0.5) is 0 Å². The van der Waals surface area contributed by atoms with Crippen LogP contribution < -0.4 is 0 Å². The van der Waals surface area contributed by atoms with Crippen molar-refractivity contribution in [2.75, 3.05) is 33.4 Å². The van der Waals surface area contributed by atoms with Crippen LogP contribution in [0.1, 0.15) is 33.1 Å². The molecule has 1 heterocycles. The normalized spacial score (nSPS) is 21.9. The molecule has 0 spiro atoms. The number of carboxylic acid groups (broad SMARTS) is 1. The van der Waals surface area contributed by atoms with Gasteiger partial charge in [-0.2, -0.15) is 0 Å². The number of nitrogens with zero attached hydrogens (tertiary/aromatic N) is 1. The summed E-state index contributed by atoms with van der Waals surface area (Å²) in [4.78, 5) is 13.7. The van der Waals surface area contributed by atoms with E-state index in [1.807, 2.05) is 13.8 Å². The average molecular weight is 243 g/mol. The Bertz CT molecular complexity index is 251. The van der Waals surface area contributed by atoms with Crippen LogP contribution in [-0.2, 0) is 9.53 Å². The lowest BCUT2D eigenvalue weighted by Gasteiger charge is -2.31. The molecule has 1 atom stereocenters. The highest BCUT2D eigenvalue weighted by molar-refractivity contribution is 5.74. The number of ether oxygens (including phenoxy) is 1. The minimum absolute atomic E-state index is 0.567. The van der Waals surface area contributed by atoms with Gasteiger partial charge in [-0.15, -0.1) is 0 Å². The highest BCUT2D eigenvalue weighted by atomic mass is 16.5. The molecule has 0 radical (unpaired) electrons. The molecular formula is C13H25NO3. The van der Waals surface area contributed by atoms with Crippen LogP contribution in [0.3, 0.4) is 0 Å². The SMILES string of the molecule is CCC(CC)(CN1CCC(COC)C1)C(=O)O. The van der Waals surface area contributed by atoms with Gasteiger partial charge in [0, 0.05) is 20.2 Å². The van der Waals surface area contributed by atoms with Crippen molar-refractivity contribution in [3.63, 3.8) is 0 Å². The fourth-order valence-corrected chi connectivity index (χ4v) is 2.70. The molecule has 1 aliphatic rings. The summed E-state index contributed by atoms with van der Waals surface area (Å²) in [6, 6.07) is 0. The van der Waals surface area contributed by atoms with Crippen LogP contribution in [0, 0.1) is 11.3 Å². The van der Waals surface area contributed by atoms with Gasteiger partial charge < -0.3 is 14.7 Å². The van der Waals surface area contributed by atoms with Crippen molar-refractivity contribution >= 4 is 5.97 Å². The molecule has 0 aromatic rings. The molecule has 0 saturated carbocycles. The summed E-state index contributed by atoms with van der Waals surface area (Å²) in [6.45, 7) is 7.39. The first kappa shape index (κ1) is 14.5. The van der Waals surface area contributed by atoms with E-state index in [2.05, 4.69) is 4.90 Å². The van der Waals surface area contributed by atoms with Gasteiger partial charge in [-0.25, -0.2) is 0 Å². The highest BCUT2D eigenvalue weighted by Gasteiger charge is 2.38. The molecule has 1 aliphatic heterocycles. The second-order valence-corrected chi connectivity index (χ2v) is 5.14. The Morgan fingerprint density at radius 1 is 1.47 bits per heavy atom. The molecule has 100 valence electrons. The maximum absolute atomic E-state index is 11.4. The van der Waals surface area contributed by atoms with Gasteiger partial charge in [0.2, 0.25) is 0 Å². The van der Waals surface area contributed by atoms with E-state index in [-0.39, 0.29) is 0 Å². The molecule has 1 fully saturated rings. The molecule has 1 rings (SSSR count). The third kappa shape index (κ3) is 3.42. The Morgan fingerprint density at radius 3 is 2.59 bits per heavy atom.